The van der Waals surface area contributed by atoms with Crippen LogP contribution in [0.2, 0.25) is 0 Å². The molecule has 0 atom stereocenters. The van der Waals surface area contributed by atoms with E-state index in [1.165, 1.54) is 0 Å². The molecule has 0 unspecified atom stereocenters. The van der Waals surface area contributed by atoms with Crippen molar-refractivity contribution < 1.29 is 14.3 Å². The number of aromatic nitrogens is 2. The van der Waals surface area contributed by atoms with E-state index in [4.69, 9.17) is 9.47 Å². The topological polar surface area (TPSA) is 61.3 Å². The standard InChI is InChI=1S/C23H24N2O3/c1-4-9-20-16(3)24-21(17-10-7-6-8-11-17)25-22(20)28-19-14-12-18(13-15-19)23(26)27-5-2/h6-8,10-15H,4-5,9H2,1-3H3. The van der Waals surface area contributed by atoms with Crippen LogP contribution in [0.25, 0.3) is 11.4 Å². The molecule has 1 aromatic heterocycles. The SMILES string of the molecule is CCCc1c(C)nc(-c2ccccc2)nc1Oc1ccc(C(=O)OCC)cc1. The third-order valence-electron chi connectivity index (χ3n) is 4.29. The Kier molecular flexibility index (Phi) is 6.37. The van der Waals surface area contributed by atoms with Crippen LogP contribution in [0, 0.1) is 6.92 Å². The molecule has 2 aromatic carbocycles. The van der Waals surface area contributed by atoms with Gasteiger partial charge in [0.15, 0.2) is 5.82 Å². The Morgan fingerprint density at radius 3 is 2.32 bits per heavy atom. The van der Waals surface area contributed by atoms with E-state index in [9.17, 15) is 4.79 Å². The van der Waals surface area contributed by atoms with Crippen LogP contribution >= 0.6 is 0 Å². The molecule has 0 aliphatic heterocycles. The maximum Gasteiger partial charge on any atom is 0.338 e. The molecule has 5 nitrogen and oxygen atoms in total. The van der Waals surface area contributed by atoms with Gasteiger partial charge in [-0.15, -0.1) is 0 Å². The fourth-order valence-corrected chi connectivity index (χ4v) is 2.89. The molecule has 0 aliphatic carbocycles. The molecule has 1 heterocycles. The molecule has 0 saturated heterocycles. The van der Waals surface area contributed by atoms with E-state index >= 15 is 0 Å². The van der Waals surface area contributed by atoms with Crippen molar-refractivity contribution in [1.29, 1.82) is 0 Å². The average Bonchev–Trinajstić information content (AvgIpc) is 2.72. The Balaban J connectivity index is 1.93. The Morgan fingerprint density at radius 1 is 0.964 bits per heavy atom. The van der Waals surface area contributed by atoms with Gasteiger partial charge < -0.3 is 9.47 Å². The first kappa shape index (κ1) is 19.5. The summed E-state index contributed by atoms with van der Waals surface area (Å²) in [7, 11) is 0. The van der Waals surface area contributed by atoms with E-state index < -0.39 is 0 Å². The molecule has 28 heavy (non-hydrogen) atoms. The lowest BCUT2D eigenvalue weighted by molar-refractivity contribution is 0.0526. The number of rotatable bonds is 7. The summed E-state index contributed by atoms with van der Waals surface area (Å²) in [6, 6.07) is 16.7. The van der Waals surface area contributed by atoms with Crippen molar-refractivity contribution >= 4 is 5.97 Å². The quantitative estimate of drug-likeness (QED) is 0.519. The molecule has 0 saturated carbocycles. The normalized spacial score (nSPS) is 10.5. The van der Waals surface area contributed by atoms with Gasteiger partial charge in [-0.3, -0.25) is 0 Å². The minimum absolute atomic E-state index is 0.343. The van der Waals surface area contributed by atoms with E-state index in [0.717, 1.165) is 29.7 Å². The van der Waals surface area contributed by atoms with Crippen LogP contribution in [0.3, 0.4) is 0 Å². The molecule has 0 fully saturated rings. The summed E-state index contributed by atoms with van der Waals surface area (Å²) in [5, 5.41) is 0. The predicted octanol–water partition coefficient (Wildman–Crippen LogP) is 5.37. The third kappa shape index (κ3) is 4.55. The van der Waals surface area contributed by atoms with Gasteiger partial charge in [-0.05, 0) is 44.5 Å². The zero-order valence-corrected chi connectivity index (χ0v) is 16.4. The van der Waals surface area contributed by atoms with E-state index in [1.54, 1.807) is 31.2 Å². The summed E-state index contributed by atoms with van der Waals surface area (Å²) in [4.78, 5) is 21.2. The Morgan fingerprint density at radius 2 is 1.68 bits per heavy atom. The minimum Gasteiger partial charge on any atom is -0.462 e. The van der Waals surface area contributed by atoms with Crippen molar-refractivity contribution in [2.24, 2.45) is 0 Å². The molecule has 3 aromatic rings. The van der Waals surface area contributed by atoms with Gasteiger partial charge >= 0.3 is 5.97 Å². The fourth-order valence-electron chi connectivity index (χ4n) is 2.89. The number of nitrogens with zero attached hydrogens (tertiary/aromatic N) is 2. The lowest BCUT2D eigenvalue weighted by atomic mass is 10.1. The molecule has 0 amide bonds. The van der Waals surface area contributed by atoms with Crippen molar-refractivity contribution in [1.82, 2.24) is 9.97 Å². The number of hydrogen-bond donors (Lipinski definition) is 0. The van der Waals surface area contributed by atoms with Crippen LogP contribution < -0.4 is 4.74 Å². The summed E-state index contributed by atoms with van der Waals surface area (Å²) in [5.41, 5.74) is 3.34. The molecular formula is C23H24N2O3. The van der Waals surface area contributed by atoms with E-state index in [2.05, 4.69) is 16.9 Å². The number of esters is 1. The Bertz CT molecular complexity index is 938. The van der Waals surface area contributed by atoms with E-state index in [1.807, 2.05) is 37.3 Å². The predicted molar refractivity (Wildman–Crippen MR) is 109 cm³/mol. The fraction of sp³-hybridized carbons (Fsp3) is 0.261. The molecule has 5 heteroatoms. The third-order valence-corrected chi connectivity index (χ3v) is 4.29. The van der Waals surface area contributed by atoms with Gasteiger partial charge in [-0.2, -0.15) is 4.98 Å². The average molecular weight is 376 g/mol. The number of hydrogen-bond acceptors (Lipinski definition) is 5. The van der Waals surface area contributed by atoms with Crippen molar-refractivity contribution in [3.05, 3.63) is 71.4 Å². The molecule has 0 bridgehead atoms. The largest absolute Gasteiger partial charge is 0.462 e. The van der Waals surface area contributed by atoms with Gasteiger partial charge in [0.25, 0.3) is 0 Å². The highest BCUT2D eigenvalue weighted by Crippen LogP contribution is 2.29. The molecule has 3 rings (SSSR count). The second-order valence-corrected chi connectivity index (χ2v) is 6.38. The first-order chi connectivity index (χ1) is 13.6. The second kappa shape index (κ2) is 9.13. The first-order valence-electron chi connectivity index (χ1n) is 9.50. The van der Waals surface area contributed by atoms with Crippen LogP contribution in [0.5, 0.6) is 11.6 Å². The maximum absolute atomic E-state index is 11.8. The van der Waals surface area contributed by atoms with Gasteiger partial charge in [0.05, 0.1) is 12.2 Å². The van der Waals surface area contributed by atoms with Gasteiger partial charge in [-0.25, -0.2) is 9.78 Å². The van der Waals surface area contributed by atoms with Crippen molar-refractivity contribution in [3.63, 3.8) is 0 Å². The van der Waals surface area contributed by atoms with Gasteiger partial charge in [0.2, 0.25) is 5.88 Å². The summed E-state index contributed by atoms with van der Waals surface area (Å²) in [5.74, 6) is 1.46. The monoisotopic (exact) mass is 376 g/mol. The van der Waals surface area contributed by atoms with Gasteiger partial charge in [-0.1, -0.05) is 43.7 Å². The van der Waals surface area contributed by atoms with Gasteiger partial charge in [0, 0.05) is 16.8 Å². The number of ether oxygens (including phenoxy) is 2. The summed E-state index contributed by atoms with van der Waals surface area (Å²) < 4.78 is 11.1. The summed E-state index contributed by atoms with van der Waals surface area (Å²) in [6.07, 6.45) is 1.80. The molecule has 0 radical (unpaired) electrons. The van der Waals surface area contributed by atoms with Gasteiger partial charge in [0.1, 0.15) is 5.75 Å². The second-order valence-electron chi connectivity index (χ2n) is 6.38. The summed E-state index contributed by atoms with van der Waals surface area (Å²) >= 11 is 0. The first-order valence-corrected chi connectivity index (χ1v) is 9.50. The minimum atomic E-state index is -0.343. The molecule has 144 valence electrons. The number of carbonyl (C=O) groups excluding carboxylic acids is 1. The number of aryl methyl sites for hydroxylation is 1. The van der Waals surface area contributed by atoms with Crippen LogP contribution in [0.15, 0.2) is 54.6 Å². The summed E-state index contributed by atoms with van der Waals surface area (Å²) in [6.45, 7) is 6.23. The Labute approximate surface area is 165 Å². The van der Waals surface area contributed by atoms with Crippen LogP contribution in [0.1, 0.15) is 41.9 Å². The number of benzene rings is 2. The molecule has 0 N–H and O–H groups in total. The zero-order valence-electron chi connectivity index (χ0n) is 16.4. The number of carbonyl (C=O) groups is 1. The zero-order chi connectivity index (χ0) is 19.9. The van der Waals surface area contributed by atoms with E-state index in [-0.39, 0.29) is 5.97 Å². The molecule has 0 aliphatic rings. The lowest BCUT2D eigenvalue weighted by Gasteiger charge is -2.14. The van der Waals surface area contributed by atoms with Crippen LogP contribution in [0.4, 0.5) is 0 Å². The Hall–Kier alpha value is -3.21. The molecular weight excluding hydrogens is 352 g/mol. The highest BCUT2D eigenvalue weighted by Gasteiger charge is 2.15. The highest BCUT2D eigenvalue weighted by molar-refractivity contribution is 5.89. The van der Waals surface area contributed by atoms with Crippen molar-refractivity contribution in [3.8, 4) is 23.0 Å². The van der Waals surface area contributed by atoms with Crippen molar-refractivity contribution in [2.75, 3.05) is 6.61 Å². The van der Waals surface area contributed by atoms with Crippen molar-refractivity contribution in [2.45, 2.75) is 33.6 Å². The highest BCUT2D eigenvalue weighted by atomic mass is 16.5. The lowest BCUT2D eigenvalue weighted by Crippen LogP contribution is -2.05. The van der Waals surface area contributed by atoms with E-state index in [0.29, 0.717) is 29.6 Å². The smallest absolute Gasteiger partial charge is 0.338 e. The maximum atomic E-state index is 11.8. The molecule has 0 spiro atoms. The van der Waals surface area contributed by atoms with Crippen LogP contribution in [-0.2, 0) is 11.2 Å². The van der Waals surface area contributed by atoms with Crippen LogP contribution in [-0.4, -0.2) is 22.5 Å².